The van der Waals surface area contributed by atoms with E-state index in [1.807, 2.05) is 0 Å². The molecule has 0 fully saturated rings. The van der Waals surface area contributed by atoms with Crippen LogP contribution >= 0.6 is 0 Å². The Hall–Kier alpha value is -2.58. The molecule has 9 nitrogen and oxygen atoms in total. The monoisotopic (exact) mass is 302 g/mol. The first kappa shape index (κ1) is 18.4. The highest BCUT2D eigenvalue weighted by molar-refractivity contribution is 5.87. The summed E-state index contributed by atoms with van der Waals surface area (Å²) in [4.78, 5) is 47.2. The largest absolute Gasteiger partial charge is 0.480 e. The van der Waals surface area contributed by atoms with Crippen LogP contribution in [0.2, 0.25) is 0 Å². The van der Waals surface area contributed by atoms with E-state index in [9.17, 15) is 19.2 Å². The van der Waals surface area contributed by atoms with Crippen LogP contribution in [0.25, 0.3) is 0 Å². The van der Waals surface area contributed by atoms with Crippen LogP contribution in [0.4, 0.5) is 4.79 Å². The first-order valence-electron chi connectivity index (χ1n) is 5.85. The van der Waals surface area contributed by atoms with E-state index in [0.717, 1.165) is 24.0 Å². The van der Waals surface area contributed by atoms with Crippen molar-refractivity contribution in [2.75, 3.05) is 40.4 Å². The van der Waals surface area contributed by atoms with Crippen LogP contribution in [0.3, 0.4) is 0 Å². The maximum atomic E-state index is 12.2. The summed E-state index contributed by atoms with van der Waals surface area (Å²) < 4.78 is 8.85. The average molecular weight is 302 g/mol. The molecule has 0 bridgehead atoms. The van der Waals surface area contributed by atoms with E-state index in [1.54, 1.807) is 0 Å². The molecule has 118 valence electrons. The number of carbonyl (C=O) groups excluding carboxylic acids is 3. The van der Waals surface area contributed by atoms with Gasteiger partial charge in [0.15, 0.2) is 0 Å². The highest BCUT2D eigenvalue weighted by Gasteiger charge is 2.26. The minimum atomic E-state index is -1.23. The van der Waals surface area contributed by atoms with E-state index >= 15 is 0 Å². The number of esters is 2. The van der Waals surface area contributed by atoms with Gasteiger partial charge >= 0.3 is 23.9 Å². The van der Waals surface area contributed by atoms with E-state index in [-0.39, 0.29) is 6.54 Å². The summed E-state index contributed by atoms with van der Waals surface area (Å²) >= 11 is 0. The summed E-state index contributed by atoms with van der Waals surface area (Å²) in [5.74, 6) is -2.73. The summed E-state index contributed by atoms with van der Waals surface area (Å²) in [7, 11) is 2.25. The number of methoxy groups -OCH3 is 2. The molecule has 0 spiro atoms. The number of ether oxygens (including phenoxy) is 2. The van der Waals surface area contributed by atoms with Gasteiger partial charge in [-0.2, -0.15) is 0 Å². The topological polar surface area (TPSA) is 113 Å². The fraction of sp³-hybridized carbons (Fsp3) is 0.500. The molecule has 21 heavy (non-hydrogen) atoms. The quantitative estimate of drug-likeness (QED) is 0.467. The van der Waals surface area contributed by atoms with Gasteiger partial charge in [-0.05, 0) is 0 Å². The van der Waals surface area contributed by atoms with Crippen molar-refractivity contribution in [2.24, 2.45) is 0 Å². The molecule has 0 aromatic carbocycles. The van der Waals surface area contributed by atoms with Gasteiger partial charge in [-0.3, -0.25) is 14.4 Å². The van der Waals surface area contributed by atoms with Crippen LogP contribution in [0, 0.1) is 0 Å². The molecule has 2 amide bonds. The van der Waals surface area contributed by atoms with E-state index in [4.69, 9.17) is 5.11 Å². The van der Waals surface area contributed by atoms with Crippen molar-refractivity contribution in [3.05, 3.63) is 12.7 Å². The lowest BCUT2D eigenvalue weighted by molar-refractivity contribution is -0.144. The van der Waals surface area contributed by atoms with Crippen LogP contribution in [-0.4, -0.2) is 79.2 Å². The third-order valence-electron chi connectivity index (χ3n) is 2.31. The van der Waals surface area contributed by atoms with Gasteiger partial charge in [0.1, 0.15) is 19.6 Å². The zero-order valence-corrected chi connectivity index (χ0v) is 11.9. The molecule has 0 radical (unpaired) electrons. The number of carboxylic acids is 1. The molecule has 0 rings (SSSR count). The van der Waals surface area contributed by atoms with Crippen molar-refractivity contribution in [3.8, 4) is 0 Å². The normalized spacial score (nSPS) is 9.43. The molecule has 0 aliphatic carbocycles. The molecular formula is C12H18N2O7. The molecule has 0 aromatic rings. The lowest BCUT2D eigenvalue weighted by atomic mass is 10.4. The number of rotatable bonds is 8. The maximum absolute atomic E-state index is 12.2. The van der Waals surface area contributed by atoms with Gasteiger partial charge in [-0.25, -0.2) is 4.79 Å². The van der Waals surface area contributed by atoms with Gasteiger partial charge in [0, 0.05) is 6.54 Å². The second kappa shape index (κ2) is 9.34. The Kier molecular flexibility index (Phi) is 8.20. The van der Waals surface area contributed by atoms with Crippen LogP contribution in [0.15, 0.2) is 12.7 Å². The Balaban J connectivity index is 5.09. The number of nitrogens with zero attached hydrogens (tertiary/aromatic N) is 2. The molecule has 0 saturated heterocycles. The highest BCUT2D eigenvalue weighted by Crippen LogP contribution is 2.01. The van der Waals surface area contributed by atoms with E-state index in [1.165, 1.54) is 6.08 Å². The maximum Gasteiger partial charge on any atom is 0.325 e. The standard InChI is InChI=1S/C12H18N2O7/c1-4-5-13(6-9(15)16)12(19)14(7-10(17)20-2)8-11(18)21-3/h4H,1,5-8H2,2-3H3,(H,15,16). The molecule has 9 heteroatoms. The second-order valence-corrected chi connectivity index (χ2v) is 3.85. The van der Waals surface area contributed by atoms with Crippen LogP contribution in [0.5, 0.6) is 0 Å². The molecule has 0 aliphatic heterocycles. The van der Waals surface area contributed by atoms with E-state index in [0.29, 0.717) is 0 Å². The molecule has 0 saturated carbocycles. The number of hydrogen-bond acceptors (Lipinski definition) is 6. The molecule has 1 N–H and O–H groups in total. The van der Waals surface area contributed by atoms with Crippen LogP contribution in [-0.2, 0) is 23.9 Å². The Labute approximate surface area is 121 Å². The fourth-order valence-electron chi connectivity index (χ4n) is 1.36. The van der Waals surface area contributed by atoms with Gasteiger partial charge in [0.05, 0.1) is 14.2 Å². The Bertz CT molecular complexity index is 404. The number of hydrogen-bond donors (Lipinski definition) is 1. The summed E-state index contributed by atoms with van der Waals surface area (Å²) in [5.41, 5.74) is 0. The molecule has 0 atom stereocenters. The number of aliphatic carboxylic acids is 1. The fourth-order valence-corrected chi connectivity index (χ4v) is 1.36. The summed E-state index contributed by atoms with van der Waals surface area (Å²) in [6.07, 6.45) is 1.33. The zero-order chi connectivity index (χ0) is 16.4. The Morgan fingerprint density at radius 1 is 1.00 bits per heavy atom. The Morgan fingerprint density at radius 3 is 1.81 bits per heavy atom. The third-order valence-corrected chi connectivity index (χ3v) is 2.31. The number of urea groups is 1. The Morgan fingerprint density at radius 2 is 1.48 bits per heavy atom. The molecular weight excluding hydrogens is 284 g/mol. The summed E-state index contributed by atoms with van der Waals surface area (Å²) in [6, 6.07) is -0.812. The van der Waals surface area contributed by atoms with Crippen LogP contribution in [0.1, 0.15) is 0 Å². The minimum Gasteiger partial charge on any atom is -0.480 e. The van der Waals surface area contributed by atoms with Crippen molar-refractivity contribution in [1.29, 1.82) is 0 Å². The molecule has 0 aliphatic rings. The number of amides is 2. The van der Waals surface area contributed by atoms with Crippen molar-refractivity contribution >= 4 is 23.9 Å². The van der Waals surface area contributed by atoms with Crippen molar-refractivity contribution < 1.29 is 33.8 Å². The highest BCUT2D eigenvalue weighted by atomic mass is 16.5. The average Bonchev–Trinajstić information content (AvgIpc) is 2.44. The predicted octanol–water partition coefficient (Wildman–Crippen LogP) is -0.673. The molecule has 0 aromatic heterocycles. The van der Waals surface area contributed by atoms with Crippen molar-refractivity contribution in [3.63, 3.8) is 0 Å². The number of carboxylic acid groups (broad SMARTS) is 1. The van der Waals surface area contributed by atoms with Crippen LogP contribution < -0.4 is 0 Å². The second-order valence-electron chi connectivity index (χ2n) is 3.85. The predicted molar refractivity (Wildman–Crippen MR) is 70.4 cm³/mol. The lowest BCUT2D eigenvalue weighted by Crippen LogP contribution is -2.49. The molecule has 0 heterocycles. The SMILES string of the molecule is C=CCN(CC(=O)O)C(=O)N(CC(=O)OC)CC(=O)OC. The van der Waals surface area contributed by atoms with E-state index < -0.39 is 43.6 Å². The first-order valence-corrected chi connectivity index (χ1v) is 5.85. The van der Waals surface area contributed by atoms with Gasteiger partial charge < -0.3 is 24.4 Å². The summed E-state index contributed by atoms with van der Waals surface area (Å²) in [6.45, 7) is 1.77. The minimum absolute atomic E-state index is 0.0516. The smallest absolute Gasteiger partial charge is 0.325 e. The number of carbonyl (C=O) groups is 4. The van der Waals surface area contributed by atoms with Gasteiger partial charge in [0.2, 0.25) is 0 Å². The zero-order valence-electron chi connectivity index (χ0n) is 11.9. The van der Waals surface area contributed by atoms with Crippen molar-refractivity contribution in [1.82, 2.24) is 9.80 Å². The third kappa shape index (κ3) is 6.95. The lowest BCUT2D eigenvalue weighted by Gasteiger charge is -2.27. The summed E-state index contributed by atoms with van der Waals surface area (Å²) in [5, 5.41) is 8.77. The first-order chi connectivity index (χ1) is 9.85. The van der Waals surface area contributed by atoms with E-state index in [2.05, 4.69) is 16.1 Å². The van der Waals surface area contributed by atoms with Crippen molar-refractivity contribution in [2.45, 2.75) is 0 Å². The molecule has 0 unspecified atom stereocenters. The van der Waals surface area contributed by atoms with Gasteiger partial charge in [-0.1, -0.05) is 6.08 Å². The van der Waals surface area contributed by atoms with Gasteiger partial charge in [-0.15, -0.1) is 6.58 Å². The van der Waals surface area contributed by atoms with Gasteiger partial charge in [0.25, 0.3) is 0 Å².